The maximum absolute atomic E-state index is 11.8. The third-order valence-corrected chi connectivity index (χ3v) is 3.27. The van der Waals surface area contributed by atoms with E-state index in [-0.39, 0.29) is 13.3 Å². The van der Waals surface area contributed by atoms with Crippen molar-refractivity contribution in [2.24, 2.45) is 5.92 Å². The number of amides is 1. The number of nitrogens with one attached hydrogen (secondary N) is 2. The van der Waals surface area contributed by atoms with Crippen molar-refractivity contribution in [2.75, 3.05) is 19.6 Å². The number of carbonyl (C=O) groups excluding carboxylic acids is 1. The molecule has 1 saturated heterocycles. The Morgan fingerprint density at radius 3 is 2.71 bits per heavy atom. The molecule has 1 aliphatic heterocycles. The molecule has 0 aromatic heterocycles. The average Bonchev–Trinajstić information content (AvgIpc) is 2.41. The topological polar surface area (TPSA) is 41.1 Å². The lowest BCUT2D eigenvalue weighted by Gasteiger charge is -2.21. The van der Waals surface area contributed by atoms with Crippen molar-refractivity contribution >= 4 is 5.91 Å². The van der Waals surface area contributed by atoms with E-state index >= 15 is 0 Å². The van der Waals surface area contributed by atoms with Gasteiger partial charge >= 0.3 is 0 Å². The lowest BCUT2D eigenvalue weighted by Crippen LogP contribution is -2.38. The summed E-state index contributed by atoms with van der Waals surface area (Å²) >= 11 is 0. The van der Waals surface area contributed by atoms with E-state index in [9.17, 15) is 4.79 Å². The van der Waals surface area contributed by atoms with Gasteiger partial charge in [-0.2, -0.15) is 0 Å². The zero-order chi connectivity index (χ0) is 11.9. The Labute approximate surface area is 104 Å². The van der Waals surface area contributed by atoms with Gasteiger partial charge in [0.2, 0.25) is 5.91 Å². The number of carbonyl (C=O) groups is 1. The molecule has 0 bridgehead atoms. The summed E-state index contributed by atoms with van der Waals surface area (Å²) in [5.41, 5.74) is 1.28. The smallest absolute Gasteiger partial charge is 0.223 e. The summed E-state index contributed by atoms with van der Waals surface area (Å²) in [6, 6.07) is 10.3. The van der Waals surface area contributed by atoms with Gasteiger partial charge < -0.3 is 10.6 Å². The summed E-state index contributed by atoms with van der Waals surface area (Å²) in [4.78, 5) is 11.8. The van der Waals surface area contributed by atoms with Crippen molar-refractivity contribution in [3.05, 3.63) is 35.9 Å². The van der Waals surface area contributed by atoms with Crippen molar-refractivity contribution in [1.82, 2.24) is 10.6 Å². The molecule has 0 saturated carbocycles. The van der Waals surface area contributed by atoms with E-state index in [1.165, 1.54) is 5.56 Å². The highest BCUT2D eigenvalue weighted by Crippen LogP contribution is 2.11. The van der Waals surface area contributed by atoms with Crippen LogP contribution in [0.2, 0.25) is 0 Å². The Balaban J connectivity index is 0.00000162. The van der Waals surface area contributed by atoms with Crippen LogP contribution < -0.4 is 10.6 Å². The molecule has 3 heteroatoms. The van der Waals surface area contributed by atoms with Gasteiger partial charge in [-0.15, -0.1) is 0 Å². The van der Waals surface area contributed by atoms with E-state index in [0.717, 1.165) is 38.9 Å². The van der Waals surface area contributed by atoms with Gasteiger partial charge in [-0.3, -0.25) is 4.79 Å². The van der Waals surface area contributed by atoms with E-state index in [1.54, 1.807) is 0 Å². The molecule has 1 aromatic rings. The zero-order valence-electron chi connectivity index (χ0n) is 10.1. The molecule has 0 spiro atoms. The normalized spacial score (nSPS) is 16.7. The van der Waals surface area contributed by atoms with Crippen LogP contribution in [0.5, 0.6) is 0 Å². The maximum Gasteiger partial charge on any atom is 0.223 e. The standard InChI is InChI=1S/C14H20N2O.H2/c17-14(13-7-9-15-10-8-13)16-11-6-12-4-2-1-3-5-12;/h1-5,13,15H,6-11H2,(H,16,17);1H. The van der Waals surface area contributed by atoms with Crippen molar-refractivity contribution in [2.45, 2.75) is 19.3 Å². The van der Waals surface area contributed by atoms with Crippen molar-refractivity contribution < 1.29 is 6.22 Å². The highest BCUT2D eigenvalue weighted by molar-refractivity contribution is 5.78. The fraction of sp³-hybridized carbons (Fsp3) is 0.500. The Morgan fingerprint density at radius 1 is 1.29 bits per heavy atom. The summed E-state index contributed by atoms with van der Waals surface area (Å²) in [6.45, 7) is 2.68. The van der Waals surface area contributed by atoms with E-state index in [4.69, 9.17) is 0 Å². The van der Waals surface area contributed by atoms with Crippen LogP contribution in [0.25, 0.3) is 0 Å². The summed E-state index contributed by atoms with van der Waals surface area (Å²) in [5.74, 6) is 0.439. The summed E-state index contributed by atoms with van der Waals surface area (Å²) in [7, 11) is 0. The summed E-state index contributed by atoms with van der Waals surface area (Å²) in [5, 5.41) is 6.31. The largest absolute Gasteiger partial charge is 0.356 e. The van der Waals surface area contributed by atoms with Crippen LogP contribution in [0.1, 0.15) is 19.8 Å². The van der Waals surface area contributed by atoms with E-state index in [0.29, 0.717) is 0 Å². The molecule has 0 atom stereocenters. The lowest BCUT2D eigenvalue weighted by atomic mass is 9.97. The first-order chi connectivity index (χ1) is 8.36. The average molecular weight is 234 g/mol. The molecule has 17 heavy (non-hydrogen) atoms. The number of benzene rings is 1. The molecule has 1 fully saturated rings. The first-order valence-corrected chi connectivity index (χ1v) is 6.38. The number of rotatable bonds is 4. The van der Waals surface area contributed by atoms with Crippen LogP contribution in [0.4, 0.5) is 0 Å². The Kier molecular flexibility index (Phi) is 4.56. The van der Waals surface area contributed by atoms with Gasteiger partial charge in [-0.1, -0.05) is 30.3 Å². The van der Waals surface area contributed by atoms with Crippen molar-refractivity contribution in [1.29, 1.82) is 0 Å². The fourth-order valence-electron chi connectivity index (χ4n) is 2.20. The second kappa shape index (κ2) is 6.40. The molecule has 1 aliphatic rings. The predicted molar refractivity (Wildman–Crippen MR) is 70.9 cm³/mol. The SMILES string of the molecule is O=C(NCCc1ccccc1)C1CCNCC1.[HH]. The maximum atomic E-state index is 11.8. The van der Waals surface area contributed by atoms with E-state index in [2.05, 4.69) is 22.8 Å². The Bertz CT molecular complexity index is 350. The number of piperidine rings is 1. The summed E-state index contributed by atoms with van der Waals surface area (Å²) in [6.07, 6.45) is 2.85. The molecule has 1 heterocycles. The predicted octanol–water partition coefficient (Wildman–Crippen LogP) is 1.59. The molecule has 0 unspecified atom stereocenters. The van der Waals surface area contributed by atoms with Gasteiger partial charge in [-0.25, -0.2) is 0 Å². The van der Waals surface area contributed by atoms with Crippen LogP contribution >= 0.6 is 0 Å². The molecular weight excluding hydrogens is 212 g/mol. The highest BCUT2D eigenvalue weighted by Gasteiger charge is 2.19. The minimum Gasteiger partial charge on any atom is -0.356 e. The molecule has 0 radical (unpaired) electrons. The third kappa shape index (κ3) is 3.86. The molecule has 2 rings (SSSR count). The number of hydrogen-bond acceptors (Lipinski definition) is 2. The van der Waals surface area contributed by atoms with Gasteiger partial charge in [0, 0.05) is 13.9 Å². The quantitative estimate of drug-likeness (QED) is 0.830. The van der Waals surface area contributed by atoms with E-state index < -0.39 is 0 Å². The molecular formula is C14H22N2O. The van der Waals surface area contributed by atoms with Crippen molar-refractivity contribution in [3.63, 3.8) is 0 Å². The van der Waals surface area contributed by atoms with Crippen LogP contribution in [-0.4, -0.2) is 25.5 Å². The molecule has 94 valence electrons. The van der Waals surface area contributed by atoms with Gasteiger partial charge in [0.1, 0.15) is 0 Å². The van der Waals surface area contributed by atoms with Crippen molar-refractivity contribution in [3.8, 4) is 0 Å². The molecule has 1 amide bonds. The molecule has 1 aromatic carbocycles. The first kappa shape index (κ1) is 12.1. The third-order valence-electron chi connectivity index (χ3n) is 3.27. The minimum atomic E-state index is 0. The fourth-order valence-corrected chi connectivity index (χ4v) is 2.20. The van der Waals surface area contributed by atoms with Gasteiger partial charge in [-0.05, 0) is 37.9 Å². The Morgan fingerprint density at radius 2 is 2.00 bits per heavy atom. The molecule has 3 nitrogen and oxygen atoms in total. The first-order valence-electron chi connectivity index (χ1n) is 6.38. The van der Waals surface area contributed by atoms with Gasteiger partial charge in [0.25, 0.3) is 0 Å². The lowest BCUT2D eigenvalue weighted by molar-refractivity contribution is -0.125. The van der Waals surface area contributed by atoms with Crippen LogP contribution in [0.3, 0.4) is 0 Å². The minimum absolute atomic E-state index is 0. The van der Waals surface area contributed by atoms with Gasteiger partial charge in [0.05, 0.1) is 0 Å². The van der Waals surface area contributed by atoms with Crippen LogP contribution in [0, 0.1) is 5.92 Å². The monoisotopic (exact) mass is 234 g/mol. The Hall–Kier alpha value is -1.35. The highest BCUT2D eigenvalue weighted by atomic mass is 16.1. The summed E-state index contributed by atoms with van der Waals surface area (Å²) < 4.78 is 0. The molecule has 0 aliphatic carbocycles. The second-order valence-electron chi connectivity index (χ2n) is 4.55. The van der Waals surface area contributed by atoms with Gasteiger partial charge in [0.15, 0.2) is 0 Å². The molecule has 2 N–H and O–H groups in total. The second-order valence-corrected chi connectivity index (χ2v) is 4.55. The van der Waals surface area contributed by atoms with Crippen LogP contribution in [-0.2, 0) is 11.2 Å². The van der Waals surface area contributed by atoms with Crippen LogP contribution in [0.15, 0.2) is 30.3 Å². The zero-order valence-corrected chi connectivity index (χ0v) is 10.1. The number of hydrogen-bond donors (Lipinski definition) is 2. The van der Waals surface area contributed by atoms with E-state index in [1.807, 2.05) is 18.2 Å².